The van der Waals surface area contributed by atoms with Crippen LogP contribution in [0, 0.1) is 0 Å². The van der Waals surface area contributed by atoms with Crippen molar-refractivity contribution in [3.05, 3.63) is 48.0 Å². The SMILES string of the molecule is NC(=O)c1ccc2nc(-c3ccc(O)cc3)[nH]c2c1. The largest absolute Gasteiger partial charge is 0.508 e. The first-order chi connectivity index (χ1) is 9.13. The zero-order valence-corrected chi connectivity index (χ0v) is 9.92. The van der Waals surface area contributed by atoms with Gasteiger partial charge in [0.1, 0.15) is 11.6 Å². The number of aromatic nitrogens is 2. The molecule has 5 heteroatoms. The number of phenols is 1. The number of carbonyl (C=O) groups is 1. The molecule has 0 aliphatic heterocycles. The predicted molar refractivity (Wildman–Crippen MR) is 71.7 cm³/mol. The number of phenolic OH excluding ortho intramolecular Hbond substituents is 1. The highest BCUT2D eigenvalue weighted by molar-refractivity contribution is 5.96. The number of fused-ring (bicyclic) bond motifs is 1. The van der Waals surface area contributed by atoms with Gasteiger partial charge < -0.3 is 15.8 Å². The van der Waals surface area contributed by atoms with Crippen LogP contribution in [0.15, 0.2) is 42.5 Å². The fraction of sp³-hybridized carbons (Fsp3) is 0. The molecule has 4 N–H and O–H groups in total. The molecule has 3 rings (SSSR count). The lowest BCUT2D eigenvalue weighted by Gasteiger charge is -1.96. The molecule has 0 aliphatic carbocycles. The molecule has 0 atom stereocenters. The summed E-state index contributed by atoms with van der Waals surface area (Å²) in [5.74, 6) is 0.412. The first kappa shape index (κ1) is 11.3. The summed E-state index contributed by atoms with van der Waals surface area (Å²) in [5, 5.41) is 9.26. The van der Waals surface area contributed by atoms with Crippen molar-refractivity contribution in [2.45, 2.75) is 0 Å². The molecule has 2 aromatic carbocycles. The lowest BCUT2D eigenvalue weighted by molar-refractivity contribution is 0.100. The lowest BCUT2D eigenvalue weighted by atomic mass is 10.2. The number of carbonyl (C=O) groups excluding carboxylic acids is 1. The molecule has 0 radical (unpaired) electrons. The highest BCUT2D eigenvalue weighted by atomic mass is 16.3. The number of amides is 1. The Balaban J connectivity index is 2.11. The van der Waals surface area contributed by atoms with Gasteiger partial charge in [-0.2, -0.15) is 0 Å². The summed E-state index contributed by atoms with van der Waals surface area (Å²) in [6.07, 6.45) is 0. The highest BCUT2D eigenvalue weighted by Crippen LogP contribution is 2.22. The average Bonchev–Trinajstić information content (AvgIpc) is 2.82. The van der Waals surface area contributed by atoms with Crippen molar-refractivity contribution in [3.8, 4) is 17.1 Å². The van der Waals surface area contributed by atoms with Gasteiger partial charge in [-0.3, -0.25) is 4.79 Å². The van der Waals surface area contributed by atoms with E-state index in [0.717, 1.165) is 16.6 Å². The molecule has 0 aliphatic rings. The van der Waals surface area contributed by atoms with E-state index in [9.17, 15) is 9.90 Å². The summed E-state index contributed by atoms with van der Waals surface area (Å²) in [6, 6.07) is 11.8. The quantitative estimate of drug-likeness (QED) is 0.652. The Bertz CT molecular complexity index is 760. The van der Waals surface area contributed by atoms with Gasteiger partial charge in [0.05, 0.1) is 11.0 Å². The minimum atomic E-state index is -0.470. The number of nitrogens with one attached hydrogen (secondary N) is 1. The fourth-order valence-corrected chi connectivity index (χ4v) is 1.92. The summed E-state index contributed by atoms with van der Waals surface area (Å²) in [6.45, 7) is 0. The number of aromatic hydroxyl groups is 1. The van der Waals surface area contributed by atoms with E-state index in [1.807, 2.05) is 0 Å². The maximum Gasteiger partial charge on any atom is 0.248 e. The van der Waals surface area contributed by atoms with Gasteiger partial charge in [-0.25, -0.2) is 4.98 Å². The number of nitrogens with zero attached hydrogens (tertiary/aromatic N) is 1. The maximum atomic E-state index is 11.1. The number of benzene rings is 2. The number of hydrogen-bond donors (Lipinski definition) is 3. The van der Waals surface area contributed by atoms with Gasteiger partial charge in [-0.05, 0) is 42.5 Å². The van der Waals surface area contributed by atoms with E-state index in [0.29, 0.717) is 11.4 Å². The van der Waals surface area contributed by atoms with Gasteiger partial charge in [0.15, 0.2) is 0 Å². The zero-order chi connectivity index (χ0) is 13.4. The van der Waals surface area contributed by atoms with Crippen molar-refractivity contribution in [3.63, 3.8) is 0 Å². The second-order valence-electron chi connectivity index (χ2n) is 4.23. The van der Waals surface area contributed by atoms with E-state index in [1.54, 1.807) is 42.5 Å². The Hall–Kier alpha value is -2.82. The summed E-state index contributed by atoms with van der Waals surface area (Å²) < 4.78 is 0. The third-order valence-electron chi connectivity index (χ3n) is 2.91. The molecule has 3 aromatic rings. The van der Waals surface area contributed by atoms with Crippen LogP contribution in [0.3, 0.4) is 0 Å². The minimum Gasteiger partial charge on any atom is -0.508 e. The van der Waals surface area contributed by atoms with Crippen LogP contribution in [-0.4, -0.2) is 21.0 Å². The van der Waals surface area contributed by atoms with E-state index >= 15 is 0 Å². The lowest BCUT2D eigenvalue weighted by Crippen LogP contribution is -2.10. The van der Waals surface area contributed by atoms with Crippen LogP contribution in [0.4, 0.5) is 0 Å². The van der Waals surface area contributed by atoms with Crippen LogP contribution in [0.5, 0.6) is 5.75 Å². The van der Waals surface area contributed by atoms with E-state index in [4.69, 9.17) is 5.73 Å². The van der Waals surface area contributed by atoms with E-state index < -0.39 is 5.91 Å². The monoisotopic (exact) mass is 253 g/mol. The molecular formula is C14H11N3O2. The summed E-state index contributed by atoms with van der Waals surface area (Å²) in [5.41, 5.74) is 8.04. The number of nitrogens with two attached hydrogens (primary N) is 1. The highest BCUT2D eigenvalue weighted by Gasteiger charge is 2.07. The Morgan fingerprint density at radius 2 is 1.89 bits per heavy atom. The smallest absolute Gasteiger partial charge is 0.248 e. The Labute approximate surface area is 108 Å². The molecule has 0 saturated heterocycles. The van der Waals surface area contributed by atoms with Gasteiger partial charge in [-0.15, -0.1) is 0 Å². The van der Waals surface area contributed by atoms with Gasteiger partial charge in [-0.1, -0.05) is 0 Å². The summed E-state index contributed by atoms with van der Waals surface area (Å²) in [7, 11) is 0. The minimum absolute atomic E-state index is 0.205. The second kappa shape index (κ2) is 4.13. The normalized spacial score (nSPS) is 10.7. The molecule has 0 bridgehead atoms. The summed E-state index contributed by atoms with van der Waals surface area (Å²) >= 11 is 0. The van der Waals surface area contributed by atoms with Crippen molar-refractivity contribution in [2.24, 2.45) is 5.73 Å². The molecule has 0 spiro atoms. The third-order valence-corrected chi connectivity index (χ3v) is 2.91. The molecule has 1 heterocycles. The van der Waals surface area contributed by atoms with E-state index in [-0.39, 0.29) is 5.75 Å². The molecule has 5 nitrogen and oxygen atoms in total. The number of aromatic amines is 1. The van der Waals surface area contributed by atoms with Crippen LogP contribution in [0.25, 0.3) is 22.4 Å². The Morgan fingerprint density at radius 3 is 2.58 bits per heavy atom. The van der Waals surface area contributed by atoms with Crippen molar-refractivity contribution in [1.29, 1.82) is 0 Å². The van der Waals surface area contributed by atoms with Crippen LogP contribution >= 0.6 is 0 Å². The standard InChI is InChI=1S/C14H11N3O2/c15-13(19)9-3-6-11-12(7-9)17-14(16-11)8-1-4-10(18)5-2-8/h1-7,18H,(H2,15,19)(H,16,17). The number of imidazole rings is 1. The van der Waals surface area contributed by atoms with E-state index in [2.05, 4.69) is 9.97 Å². The Morgan fingerprint density at radius 1 is 1.16 bits per heavy atom. The maximum absolute atomic E-state index is 11.1. The van der Waals surface area contributed by atoms with Crippen LogP contribution in [0.2, 0.25) is 0 Å². The molecular weight excluding hydrogens is 242 g/mol. The molecule has 1 amide bonds. The molecule has 19 heavy (non-hydrogen) atoms. The van der Waals surface area contributed by atoms with Gasteiger partial charge in [0.25, 0.3) is 0 Å². The van der Waals surface area contributed by atoms with Gasteiger partial charge in [0.2, 0.25) is 5.91 Å². The van der Waals surface area contributed by atoms with Gasteiger partial charge >= 0.3 is 0 Å². The molecule has 0 fully saturated rings. The number of H-pyrrole nitrogens is 1. The molecule has 94 valence electrons. The van der Waals surface area contributed by atoms with Gasteiger partial charge in [0, 0.05) is 11.1 Å². The first-order valence-corrected chi connectivity index (χ1v) is 5.72. The summed E-state index contributed by atoms with van der Waals surface area (Å²) in [4.78, 5) is 18.7. The van der Waals surface area contributed by atoms with Crippen LogP contribution in [-0.2, 0) is 0 Å². The van der Waals surface area contributed by atoms with Crippen molar-refractivity contribution in [1.82, 2.24) is 9.97 Å². The molecule has 0 unspecified atom stereocenters. The third kappa shape index (κ3) is 2.01. The van der Waals surface area contributed by atoms with Crippen molar-refractivity contribution in [2.75, 3.05) is 0 Å². The molecule has 0 saturated carbocycles. The number of hydrogen-bond acceptors (Lipinski definition) is 3. The number of primary amides is 1. The van der Waals surface area contributed by atoms with Crippen molar-refractivity contribution < 1.29 is 9.90 Å². The fourth-order valence-electron chi connectivity index (χ4n) is 1.92. The number of rotatable bonds is 2. The van der Waals surface area contributed by atoms with Crippen LogP contribution < -0.4 is 5.73 Å². The molecule has 1 aromatic heterocycles. The van der Waals surface area contributed by atoms with Crippen LogP contribution in [0.1, 0.15) is 10.4 Å². The first-order valence-electron chi connectivity index (χ1n) is 5.72. The zero-order valence-electron chi connectivity index (χ0n) is 9.92. The predicted octanol–water partition coefficient (Wildman–Crippen LogP) is 2.03. The Kier molecular flexibility index (Phi) is 2.45. The van der Waals surface area contributed by atoms with E-state index in [1.165, 1.54) is 0 Å². The second-order valence-corrected chi connectivity index (χ2v) is 4.23. The average molecular weight is 253 g/mol. The topological polar surface area (TPSA) is 92.0 Å². The van der Waals surface area contributed by atoms with Crippen molar-refractivity contribution >= 4 is 16.9 Å².